The van der Waals surface area contributed by atoms with Gasteiger partial charge in [-0.1, -0.05) is 11.6 Å². The van der Waals surface area contributed by atoms with Crippen molar-refractivity contribution in [2.45, 2.75) is 25.9 Å². The Morgan fingerprint density at radius 2 is 2.11 bits per heavy atom. The molecule has 0 unspecified atom stereocenters. The Bertz CT molecular complexity index is 433. The van der Waals surface area contributed by atoms with Crippen LogP contribution in [-0.4, -0.2) is 42.1 Å². The molecule has 0 atom stereocenters. The standard InChI is InChI=1S/C13H21ClN4/c1-13(2)9-18(7-6-17(13)3)12-5-4-10(14)11(8-15)16-12/h4-5H,6-9,15H2,1-3H3. The first kappa shape index (κ1) is 13.6. The van der Waals surface area contributed by atoms with Gasteiger partial charge in [-0.3, -0.25) is 4.90 Å². The molecule has 0 radical (unpaired) electrons. The van der Waals surface area contributed by atoms with E-state index in [4.69, 9.17) is 17.3 Å². The van der Waals surface area contributed by atoms with E-state index in [2.05, 4.69) is 35.7 Å². The van der Waals surface area contributed by atoms with E-state index in [0.29, 0.717) is 11.6 Å². The first-order valence-electron chi connectivity index (χ1n) is 6.26. The van der Waals surface area contributed by atoms with Gasteiger partial charge >= 0.3 is 0 Å². The van der Waals surface area contributed by atoms with Crippen molar-refractivity contribution < 1.29 is 0 Å². The molecule has 0 spiro atoms. The van der Waals surface area contributed by atoms with Crippen LogP contribution in [0, 0.1) is 0 Å². The molecule has 0 aliphatic carbocycles. The molecular weight excluding hydrogens is 248 g/mol. The van der Waals surface area contributed by atoms with Crippen molar-refractivity contribution in [2.24, 2.45) is 5.73 Å². The van der Waals surface area contributed by atoms with Crippen LogP contribution in [0.15, 0.2) is 12.1 Å². The van der Waals surface area contributed by atoms with Crippen molar-refractivity contribution in [3.05, 3.63) is 22.8 Å². The van der Waals surface area contributed by atoms with Crippen LogP contribution in [-0.2, 0) is 6.54 Å². The van der Waals surface area contributed by atoms with Gasteiger partial charge in [0.15, 0.2) is 0 Å². The maximum Gasteiger partial charge on any atom is 0.129 e. The summed E-state index contributed by atoms with van der Waals surface area (Å²) in [5.41, 5.74) is 6.58. The van der Waals surface area contributed by atoms with Crippen LogP contribution in [0.1, 0.15) is 19.5 Å². The lowest BCUT2D eigenvalue weighted by Gasteiger charge is -2.45. The summed E-state index contributed by atoms with van der Waals surface area (Å²) in [7, 11) is 2.16. The summed E-state index contributed by atoms with van der Waals surface area (Å²) in [5.74, 6) is 0.973. The monoisotopic (exact) mass is 268 g/mol. The fourth-order valence-electron chi connectivity index (χ4n) is 2.23. The predicted molar refractivity (Wildman–Crippen MR) is 76.1 cm³/mol. The first-order valence-corrected chi connectivity index (χ1v) is 6.63. The second-order valence-corrected chi connectivity index (χ2v) is 5.86. The summed E-state index contributed by atoms with van der Waals surface area (Å²) in [6.45, 7) is 7.86. The van der Waals surface area contributed by atoms with Crippen molar-refractivity contribution in [1.82, 2.24) is 9.88 Å². The normalized spacial score (nSPS) is 20.2. The summed E-state index contributed by atoms with van der Waals surface area (Å²) < 4.78 is 0. The van der Waals surface area contributed by atoms with E-state index in [-0.39, 0.29) is 5.54 Å². The maximum absolute atomic E-state index is 6.05. The average Bonchev–Trinajstić information content (AvgIpc) is 2.33. The Kier molecular flexibility index (Phi) is 3.80. The number of nitrogens with two attached hydrogens (primary N) is 1. The molecule has 1 saturated heterocycles. The van der Waals surface area contributed by atoms with Crippen molar-refractivity contribution in [2.75, 3.05) is 31.6 Å². The molecule has 0 saturated carbocycles. The molecule has 2 rings (SSSR count). The van der Waals surface area contributed by atoms with Gasteiger partial charge < -0.3 is 10.6 Å². The smallest absolute Gasteiger partial charge is 0.129 e. The molecule has 1 aromatic heterocycles. The van der Waals surface area contributed by atoms with E-state index in [1.54, 1.807) is 0 Å². The molecule has 0 aromatic carbocycles. The number of piperazine rings is 1. The number of hydrogen-bond donors (Lipinski definition) is 1. The fourth-order valence-corrected chi connectivity index (χ4v) is 2.41. The third-order valence-corrected chi connectivity index (χ3v) is 4.08. The van der Waals surface area contributed by atoms with Gasteiger partial charge in [-0.15, -0.1) is 0 Å². The molecule has 18 heavy (non-hydrogen) atoms. The second kappa shape index (κ2) is 5.03. The van der Waals surface area contributed by atoms with Gasteiger partial charge in [-0.2, -0.15) is 0 Å². The van der Waals surface area contributed by atoms with Gasteiger partial charge in [0, 0.05) is 31.7 Å². The largest absolute Gasteiger partial charge is 0.353 e. The topological polar surface area (TPSA) is 45.4 Å². The highest BCUT2D eigenvalue weighted by Crippen LogP contribution is 2.25. The first-order chi connectivity index (χ1) is 8.44. The van der Waals surface area contributed by atoms with Crippen molar-refractivity contribution in [3.63, 3.8) is 0 Å². The third kappa shape index (κ3) is 2.60. The number of hydrogen-bond acceptors (Lipinski definition) is 4. The third-order valence-electron chi connectivity index (χ3n) is 3.74. The summed E-state index contributed by atoms with van der Waals surface area (Å²) in [5, 5.41) is 0.648. The van der Waals surface area contributed by atoms with E-state index in [9.17, 15) is 0 Å². The van der Waals surface area contributed by atoms with Gasteiger partial charge in [0.25, 0.3) is 0 Å². The van der Waals surface area contributed by atoms with Gasteiger partial charge in [-0.25, -0.2) is 4.98 Å². The Hall–Kier alpha value is -0.840. The molecule has 1 aliphatic heterocycles. The summed E-state index contributed by atoms with van der Waals surface area (Å²) in [6, 6.07) is 3.86. The molecule has 4 nitrogen and oxygen atoms in total. The van der Waals surface area contributed by atoms with Gasteiger partial charge in [-0.05, 0) is 33.0 Å². The fraction of sp³-hybridized carbons (Fsp3) is 0.615. The van der Waals surface area contributed by atoms with Crippen LogP contribution in [0.5, 0.6) is 0 Å². The zero-order chi connectivity index (χ0) is 13.3. The number of likely N-dealkylation sites (N-methyl/N-ethyl adjacent to an activating group) is 1. The average molecular weight is 269 g/mol. The number of anilines is 1. The molecule has 0 bridgehead atoms. The number of aromatic nitrogens is 1. The number of halogens is 1. The van der Waals surface area contributed by atoms with E-state index >= 15 is 0 Å². The van der Waals surface area contributed by atoms with Crippen LogP contribution < -0.4 is 10.6 Å². The van der Waals surface area contributed by atoms with Crippen molar-refractivity contribution in [3.8, 4) is 0 Å². The number of pyridine rings is 1. The predicted octanol–water partition coefficient (Wildman–Crippen LogP) is 1.72. The Morgan fingerprint density at radius 1 is 1.39 bits per heavy atom. The van der Waals surface area contributed by atoms with Crippen LogP contribution in [0.4, 0.5) is 5.82 Å². The number of rotatable bonds is 2. The zero-order valence-electron chi connectivity index (χ0n) is 11.3. The molecule has 2 N–H and O–H groups in total. The molecule has 1 aliphatic rings. The van der Waals surface area contributed by atoms with E-state index < -0.39 is 0 Å². The zero-order valence-corrected chi connectivity index (χ0v) is 12.0. The highest BCUT2D eigenvalue weighted by molar-refractivity contribution is 6.31. The van der Waals surface area contributed by atoms with Gasteiger partial charge in [0.2, 0.25) is 0 Å². The highest BCUT2D eigenvalue weighted by atomic mass is 35.5. The minimum atomic E-state index is 0.155. The van der Waals surface area contributed by atoms with Gasteiger partial charge in [0.05, 0.1) is 10.7 Å². The SMILES string of the molecule is CN1CCN(c2ccc(Cl)c(CN)n2)CC1(C)C. The van der Waals surface area contributed by atoms with Crippen LogP contribution in [0.25, 0.3) is 0 Å². The highest BCUT2D eigenvalue weighted by Gasteiger charge is 2.31. The Morgan fingerprint density at radius 3 is 2.72 bits per heavy atom. The Balaban J connectivity index is 2.22. The molecular formula is C13H21ClN4. The van der Waals surface area contributed by atoms with Crippen molar-refractivity contribution in [1.29, 1.82) is 0 Å². The maximum atomic E-state index is 6.05. The molecule has 100 valence electrons. The molecule has 2 heterocycles. The van der Waals surface area contributed by atoms with E-state index in [1.807, 2.05) is 12.1 Å². The molecule has 1 fully saturated rings. The van der Waals surface area contributed by atoms with Gasteiger partial charge in [0.1, 0.15) is 5.82 Å². The molecule has 1 aromatic rings. The second-order valence-electron chi connectivity index (χ2n) is 5.46. The minimum absolute atomic E-state index is 0.155. The quantitative estimate of drug-likeness (QED) is 0.887. The van der Waals surface area contributed by atoms with Crippen molar-refractivity contribution >= 4 is 17.4 Å². The lowest BCUT2D eigenvalue weighted by atomic mass is 10.00. The van der Waals surface area contributed by atoms with Crippen LogP contribution >= 0.6 is 11.6 Å². The molecule has 0 amide bonds. The summed E-state index contributed by atoms with van der Waals surface area (Å²) >= 11 is 6.05. The van der Waals surface area contributed by atoms with Crippen LogP contribution in [0.3, 0.4) is 0 Å². The Labute approximate surface area is 114 Å². The summed E-state index contributed by atoms with van der Waals surface area (Å²) in [4.78, 5) is 9.23. The summed E-state index contributed by atoms with van der Waals surface area (Å²) in [6.07, 6.45) is 0. The molecule has 5 heteroatoms. The van der Waals surface area contributed by atoms with E-state index in [1.165, 1.54) is 0 Å². The lowest BCUT2D eigenvalue weighted by Crippen LogP contribution is -2.57. The minimum Gasteiger partial charge on any atom is -0.353 e. The van der Waals surface area contributed by atoms with Crippen LogP contribution in [0.2, 0.25) is 5.02 Å². The van der Waals surface area contributed by atoms with E-state index in [0.717, 1.165) is 31.1 Å². The lowest BCUT2D eigenvalue weighted by molar-refractivity contribution is 0.138. The number of nitrogens with zero attached hydrogens (tertiary/aromatic N) is 3.